The third-order valence-corrected chi connectivity index (χ3v) is 4.18. The highest BCUT2D eigenvalue weighted by atomic mass is 16.4. The smallest absolute Gasteiger partial charge is 0.309 e. The summed E-state index contributed by atoms with van der Waals surface area (Å²) in [5.74, 6) is -0.642. The standard InChI is InChI=1S/C14H20N2O2/c1-3-14(13(17)18)5-8-16(9-6-14)12-4-7-15-10-11(12)2/h4,7,10H,3,5-6,8-9H2,1-2H3,(H,17,18). The Kier molecular flexibility index (Phi) is 3.55. The van der Waals surface area contributed by atoms with Gasteiger partial charge in [0.1, 0.15) is 0 Å². The summed E-state index contributed by atoms with van der Waals surface area (Å²) in [6.07, 6.45) is 5.81. The van der Waals surface area contributed by atoms with Gasteiger partial charge in [-0.15, -0.1) is 0 Å². The molecule has 1 aliphatic heterocycles. The van der Waals surface area contributed by atoms with Gasteiger partial charge in [0.2, 0.25) is 0 Å². The molecule has 0 aromatic carbocycles. The molecule has 18 heavy (non-hydrogen) atoms. The van der Waals surface area contributed by atoms with E-state index in [-0.39, 0.29) is 0 Å². The summed E-state index contributed by atoms with van der Waals surface area (Å²) in [5, 5.41) is 9.37. The van der Waals surface area contributed by atoms with Crippen molar-refractivity contribution in [2.75, 3.05) is 18.0 Å². The Bertz CT molecular complexity index is 437. The molecule has 1 aliphatic rings. The predicted molar refractivity (Wildman–Crippen MR) is 70.8 cm³/mol. The van der Waals surface area contributed by atoms with Crippen LogP contribution in [0.5, 0.6) is 0 Å². The number of carboxylic acid groups (broad SMARTS) is 1. The molecule has 0 saturated carbocycles. The van der Waals surface area contributed by atoms with Crippen LogP contribution in [0.15, 0.2) is 18.5 Å². The Morgan fingerprint density at radius 1 is 1.50 bits per heavy atom. The summed E-state index contributed by atoms with van der Waals surface area (Å²) in [6.45, 7) is 5.64. The number of rotatable bonds is 3. The van der Waals surface area contributed by atoms with Gasteiger partial charge in [0.25, 0.3) is 0 Å². The Morgan fingerprint density at radius 3 is 2.67 bits per heavy atom. The second-order valence-corrected chi connectivity index (χ2v) is 5.09. The lowest BCUT2D eigenvalue weighted by Gasteiger charge is -2.39. The minimum atomic E-state index is -0.642. The number of aliphatic carboxylic acids is 1. The van der Waals surface area contributed by atoms with E-state index in [1.54, 1.807) is 6.20 Å². The van der Waals surface area contributed by atoms with Gasteiger partial charge in [-0.1, -0.05) is 6.92 Å². The topological polar surface area (TPSA) is 53.4 Å². The van der Waals surface area contributed by atoms with Gasteiger partial charge in [-0.25, -0.2) is 0 Å². The zero-order valence-corrected chi connectivity index (χ0v) is 11.0. The molecule has 0 bridgehead atoms. The number of anilines is 1. The maximum absolute atomic E-state index is 11.4. The van der Waals surface area contributed by atoms with Crippen molar-refractivity contribution in [2.45, 2.75) is 33.1 Å². The minimum Gasteiger partial charge on any atom is -0.481 e. The zero-order valence-electron chi connectivity index (χ0n) is 11.0. The van der Waals surface area contributed by atoms with E-state index in [0.717, 1.165) is 31.5 Å². The summed E-state index contributed by atoms with van der Waals surface area (Å²) in [4.78, 5) is 17.8. The number of piperidine rings is 1. The number of hydrogen-bond acceptors (Lipinski definition) is 3. The van der Waals surface area contributed by atoms with Crippen LogP contribution in [0.25, 0.3) is 0 Å². The quantitative estimate of drug-likeness (QED) is 0.892. The van der Waals surface area contributed by atoms with Gasteiger partial charge in [0.15, 0.2) is 0 Å². The fraction of sp³-hybridized carbons (Fsp3) is 0.571. The van der Waals surface area contributed by atoms with E-state index in [2.05, 4.69) is 9.88 Å². The molecule has 1 aromatic heterocycles. The van der Waals surface area contributed by atoms with Crippen molar-refractivity contribution in [3.8, 4) is 0 Å². The minimum absolute atomic E-state index is 0.516. The highest BCUT2D eigenvalue weighted by Crippen LogP contribution is 2.37. The van der Waals surface area contributed by atoms with E-state index in [1.165, 1.54) is 5.69 Å². The first-order valence-corrected chi connectivity index (χ1v) is 6.48. The molecule has 1 fully saturated rings. The molecule has 0 aliphatic carbocycles. The van der Waals surface area contributed by atoms with Crippen molar-refractivity contribution in [1.82, 2.24) is 4.98 Å². The summed E-state index contributed by atoms with van der Waals surface area (Å²) in [6, 6.07) is 2.01. The summed E-state index contributed by atoms with van der Waals surface area (Å²) in [5.41, 5.74) is 1.81. The highest BCUT2D eigenvalue weighted by Gasteiger charge is 2.39. The van der Waals surface area contributed by atoms with E-state index in [0.29, 0.717) is 6.42 Å². The van der Waals surface area contributed by atoms with Crippen LogP contribution in [0.3, 0.4) is 0 Å². The van der Waals surface area contributed by atoms with Gasteiger partial charge in [0, 0.05) is 31.2 Å². The van der Waals surface area contributed by atoms with Gasteiger partial charge < -0.3 is 10.0 Å². The van der Waals surface area contributed by atoms with E-state index < -0.39 is 11.4 Å². The highest BCUT2D eigenvalue weighted by molar-refractivity contribution is 5.75. The lowest BCUT2D eigenvalue weighted by atomic mass is 9.76. The molecule has 4 heteroatoms. The number of nitrogens with zero attached hydrogens (tertiary/aromatic N) is 2. The number of aryl methyl sites for hydroxylation is 1. The second-order valence-electron chi connectivity index (χ2n) is 5.09. The average Bonchev–Trinajstić information content (AvgIpc) is 2.39. The van der Waals surface area contributed by atoms with Crippen LogP contribution >= 0.6 is 0 Å². The van der Waals surface area contributed by atoms with Gasteiger partial charge in [-0.05, 0) is 37.8 Å². The summed E-state index contributed by atoms with van der Waals surface area (Å²) < 4.78 is 0. The number of aromatic nitrogens is 1. The fourth-order valence-electron chi connectivity index (χ4n) is 2.72. The molecule has 1 N–H and O–H groups in total. The van der Waals surface area contributed by atoms with E-state index >= 15 is 0 Å². The maximum atomic E-state index is 11.4. The molecular weight excluding hydrogens is 228 g/mol. The van der Waals surface area contributed by atoms with Crippen LogP contribution in [0.1, 0.15) is 31.7 Å². The van der Waals surface area contributed by atoms with Crippen LogP contribution in [0, 0.1) is 12.3 Å². The van der Waals surface area contributed by atoms with Crippen molar-refractivity contribution >= 4 is 11.7 Å². The Labute approximate surface area is 108 Å². The summed E-state index contributed by atoms with van der Waals surface area (Å²) >= 11 is 0. The van der Waals surface area contributed by atoms with Crippen LogP contribution in [-0.4, -0.2) is 29.1 Å². The first-order chi connectivity index (χ1) is 8.59. The first kappa shape index (κ1) is 12.9. The Morgan fingerprint density at radius 2 is 2.17 bits per heavy atom. The van der Waals surface area contributed by atoms with Crippen molar-refractivity contribution in [3.63, 3.8) is 0 Å². The lowest BCUT2D eigenvalue weighted by Crippen LogP contribution is -2.44. The van der Waals surface area contributed by atoms with Gasteiger partial charge in [0.05, 0.1) is 5.41 Å². The van der Waals surface area contributed by atoms with E-state index in [4.69, 9.17) is 0 Å². The van der Waals surface area contributed by atoms with Crippen LogP contribution in [0.2, 0.25) is 0 Å². The van der Waals surface area contributed by atoms with Crippen LogP contribution in [-0.2, 0) is 4.79 Å². The normalized spacial score (nSPS) is 18.7. The molecular formula is C14H20N2O2. The van der Waals surface area contributed by atoms with Gasteiger partial charge in [-0.2, -0.15) is 0 Å². The van der Waals surface area contributed by atoms with Crippen molar-refractivity contribution in [3.05, 3.63) is 24.0 Å². The molecule has 1 aromatic rings. The molecule has 98 valence electrons. The average molecular weight is 248 g/mol. The number of carbonyl (C=O) groups is 1. The largest absolute Gasteiger partial charge is 0.481 e. The predicted octanol–water partition coefficient (Wildman–Crippen LogP) is 2.47. The zero-order chi connectivity index (χ0) is 13.2. The number of carboxylic acids is 1. The molecule has 1 saturated heterocycles. The van der Waals surface area contributed by atoms with Crippen molar-refractivity contribution in [1.29, 1.82) is 0 Å². The summed E-state index contributed by atoms with van der Waals surface area (Å²) in [7, 11) is 0. The molecule has 0 radical (unpaired) electrons. The van der Waals surface area contributed by atoms with Gasteiger partial charge in [-0.3, -0.25) is 9.78 Å². The molecule has 0 unspecified atom stereocenters. The number of pyridine rings is 1. The lowest BCUT2D eigenvalue weighted by molar-refractivity contribution is -0.150. The molecule has 0 spiro atoms. The van der Waals surface area contributed by atoms with Crippen LogP contribution < -0.4 is 4.90 Å². The van der Waals surface area contributed by atoms with Gasteiger partial charge >= 0.3 is 5.97 Å². The molecule has 0 amide bonds. The fourth-order valence-corrected chi connectivity index (χ4v) is 2.72. The molecule has 2 heterocycles. The maximum Gasteiger partial charge on any atom is 0.309 e. The monoisotopic (exact) mass is 248 g/mol. The molecule has 0 atom stereocenters. The first-order valence-electron chi connectivity index (χ1n) is 6.48. The Hall–Kier alpha value is -1.58. The van der Waals surface area contributed by atoms with E-state index in [9.17, 15) is 9.90 Å². The van der Waals surface area contributed by atoms with Crippen molar-refractivity contribution in [2.24, 2.45) is 5.41 Å². The Balaban J connectivity index is 2.11. The van der Waals surface area contributed by atoms with Crippen LogP contribution in [0.4, 0.5) is 5.69 Å². The molecule has 4 nitrogen and oxygen atoms in total. The van der Waals surface area contributed by atoms with E-state index in [1.807, 2.05) is 26.1 Å². The van der Waals surface area contributed by atoms with Crippen molar-refractivity contribution < 1.29 is 9.90 Å². The second kappa shape index (κ2) is 4.96. The number of hydrogen-bond donors (Lipinski definition) is 1. The SMILES string of the molecule is CCC1(C(=O)O)CCN(c2ccncc2C)CC1. The molecule has 2 rings (SSSR count). The third-order valence-electron chi connectivity index (χ3n) is 4.18. The third kappa shape index (κ3) is 2.19.